The van der Waals surface area contributed by atoms with Gasteiger partial charge in [0, 0.05) is 0 Å². The van der Waals surface area contributed by atoms with Crippen molar-refractivity contribution in [2.75, 3.05) is 0 Å². The summed E-state index contributed by atoms with van der Waals surface area (Å²) in [4.78, 5) is 2.67. The van der Waals surface area contributed by atoms with E-state index >= 15 is 0 Å². The SMILES string of the molecule is Brc1ccc2c(c1)C=[C]([Zr+2][C]1=Cc3c4ccc(Br)c3Sc3ccc(cc3)C14)C2c1ccccc1.[Cl-].[Cl-]. The maximum Gasteiger partial charge on any atom is -1.00 e. The molecule has 8 rings (SSSR count). The molecule has 4 aromatic rings. The molecule has 4 aromatic carbocycles. The van der Waals surface area contributed by atoms with Crippen LogP contribution in [-0.4, -0.2) is 0 Å². The molecule has 36 heavy (non-hydrogen) atoms. The van der Waals surface area contributed by atoms with E-state index in [0.29, 0.717) is 11.8 Å². The smallest absolute Gasteiger partial charge is 1.00 e. The molecule has 0 N–H and O–H groups in total. The molecule has 2 unspecified atom stereocenters. The zero-order chi connectivity index (χ0) is 22.8. The zero-order valence-corrected chi connectivity index (χ0v) is 26.8. The van der Waals surface area contributed by atoms with Gasteiger partial charge in [-0.2, -0.15) is 0 Å². The normalized spacial score (nSPS) is 17.9. The van der Waals surface area contributed by atoms with E-state index in [2.05, 4.69) is 129 Å². The summed E-state index contributed by atoms with van der Waals surface area (Å²) in [6, 6.07) is 31.8. The number of hydrogen-bond acceptors (Lipinski definition) is 1. The van der Waals surface area contributed by atoms with Crippen molar-refractivity contribution in [3.63, 3.8) is 0 Å². The fraction of sp³-hybridized carbons (Fsp3) is 0.0667. The third-order valence-corrected chi connectivity index (χ3v) is 13.1. The second-order valence-electron chi connectivity index (χ2n) is 8.92. The number of rotatable bonds is 3. The molecule has 0 spiro atoms. The number of hydrogen-bond donors (Lipinski definition) is 0. The summed E-state index contributed by atoms with van der Waals surface area (Å²) in [6.45, 7) is 0. The molecule has 2 aliphatic carbocycles. The van der Waals surface area contributed by atoms with E-state index in [-0.39, 0.29) is 24.8 Å². The fourth-order valence-corrected chi connectivity index (χ4v) is 11.6. The number of fused-ring (bicyclic) bond motifs is 3. The Balaban J connectivity index is 0.00000133. The van der Waals surface area contributed by atoms with E-state index in [1.807, 2.05) is 11.8 Å². The van der Waals surface area contributed by atoms with Crippen molar-refractivity contribution in [2.24, 2.45) is 0 Å². The third kappa shape index (κ3) is 4.51. The van der Waals surface area contributed by atoms with Gasteiger partial charge in [0.05, 0.1) is 0 Å². The quantitative estimate of drug-likeness (QED) is 0.312. The molecule has 4 aliphatic rings. The summed E-state index contributed by atoms with van der Waals surface area (Å²) < 4.78 is 5.66. The van der Waals surface area contributed by atoms with Crippen molar-refractivity contribution in [3.8, 4) is 0 Å². The molecule has 2 aliphatic heterocycles. The van der Waals surface area contributed by atoms with E-state index in [9.17, 15) is 0 Å². The maximum absolute atomic E-state index is 3.84. The van der Waals surface area contributed by atoms with Crippen LogP contribution in [0.4, 0.5) is 0 Å². The van der Waals surface area contributed by atoms with Crippen LogP contribution in [0.3, 0.4) is 0 Å². The minimum atomic E-state index is -1.05. The number of halogens is 4. The monoisotopic (exact) mass is 728 g/mol. The predicted molar refractivity (Wildman–Crippen MR) is 145 cm³/mol. The summed E-state index contributed by atoms with van der Waals surface area (Å²) in [5, 5.41) is 0. The van der Waals surface area contributed by atoms with Gasteiger partial charge >= 0.3 is 234 Å². The van der Waals surface area contributed by atoms with E-state index in [1.54, 1.807) is 6.56 Å². The second-order valence-corrected chi connectivity index (χ2v) is 15.2. The average molecular weight is 732 g/mol. The van der Waals surface area contributed by atoms with E-state index < -0.39 is 23.2 Å². The molecule has 0 amide bonds. The molecule has 0 aromatic heterocycles. The summed E-state index contributed by atoms with van der Waals surface area (Å²) in [5.74, 6) is 0.756. The Morgan fingerprint density at radius 2 is 1.33 bits per heavy atom. The van der Waals surface area contributed by atoms with E-state index in [0.717, 1.165) is 4.47 Å². The molecule has 176 valence electrons. The maximum atomic E-state index is 3.84. The fourth-order valence-electron chi connectivity index (χ4n) is 5.44. The van der Waals surface area contributed by atoms with Gasteiger partial charge in [-0.3, -0.25) is 0 Å². The Bertz CT molecular complexity index is 1530. The van der Waals surface area contributed by atoms with Gasteiger partial charge in [-0.1, -0.05) is 0 Å². The van der Waals surface area contributed by atoms with Crippen LogP contribution < -0.4 is 24.8 Å². The first-order chi connectivity index (χ1) is 16.7. The van der Waals surface area contributed by atoms with Crippen molar-refractivity contribution in [1.29, 1.82) is 0 Å². The van der Waals surface area contributed by atoms with Gasteiger partial charge in [-0.05, 0) is 0 Å². The molecule has 2 atom stereocenters. The van der Waals surface area contributed by atoms with Gasteiger partial charge in [0.25, 0.3) is 0 Å². The Morgan fingerprint density at radius 1 is 0.667 bits per heavy atom. The topological polar surface area (TPSA) is 0 Å². The summed E-state index contributed by atoms with van der Waals surface area (Å²) in [7, 11) is 0. The van der Waals surface area contributed by atoms with Crippen molar-refractivity contribution >= 4 is 55.8 Å². The second kappa shape index (κ2) is 10.7. The van der Waals surface area contributed by atoms with E-state index in [4.69, 9.17) is 0 Å². The van der Waals surface area contributed by atoms with Gasteiger partial charge in [0.15, 0.2) is 0 Å². The Hall–Kier alpha value is -0.867. The largest absolute Gasteiger partial charge is 1.00 e. The van der Waals surface area contributed by atoms with Gasteiger partial charge in [0.2, 0.25) is 0 Å². The van der Waals surface area contributed by atoms with Crippen LogP contribution in [0.2, 0.25) is 0 Å². The van der Waals surface area contributed by atoms with Crippen LogP contribution in [0.1, 0.15) is 45.2 Å². The van der Waals surface area contributed by atoms with Crippen LogP contribution in [0.25, 0.3) is 12.2 Å². The van der Waals surface area contributed by atoms with Gasteiger partial charge in [0.1, 0.15) is 0 Å². The summed E-state index contributed by atoms with van der Waals surface area (Å²) >= 11 is 8.37. The zero-order valence-electron chi connectivity index (χ0n) is 18.8. The molecule has 0 saturated heterocycles. The Labute approximate surface area is 256 Å². The van der Waals surface area contributed by atoms with Crippen molar-refractivity contribution in [2.45, 2.75) is 21.6 Å². The number of allylic oxidation sites excluding steroid dienone is 2. The Kier molecular flexibility index (Phi) is 7.96. The first-order valence-electron chi connectivity index (χ1n) is 11.3. The Morgan fingerprint density at radius 3 is 2.11 bits per heavy atom. The minimum absolute atomic E-state index is 0. The third-order valence-electron chi connectivity index (χ3n) is 6.94. The molecule has 0 nitrogen and oxygen atoms in total. The molecular formula is C30H18Br2Cl2SZr. The summed E-state index contributed by atoms with van der Waals surface area (Å²) in [6.07, 6.45) is 5.06. The van der Waals surface area contributed by atoms with Gasteiger partial charge in [-0.15, -0.1) is 0 Å². The molecule has 0 radical (unpaired) electrons. The molecule has 0 fully saturated rings. The van der Waals surface area contributed by atoms with Crippen LogP contribution in [-0.2, 0) is 23.2 Å². The predicted octanol–water partition coefficient (Wildman–Crippen LogP) is 3.44. The van der Waals surface area contributed by atoms with Gasteiger partial charge < -0.3 is 24.8 Å². The van der Waals surface area contributed by atoms with E-state index in [1.165, 1.54) is 47.6 Å². The van der Waals surface area contributed by atoms with Crippen LogP contribution in [0, 0.1) is 0 Å². The molecular weight excluding hydrogens is 714 g/mol. The van der Waals surface area contributed by atoms with Crippen molar-refractivity contribution in [1.82, 2.24) is 0 Å². The van der Waals surface area contributed by atoms with Crippen LogP contribution in [0.15, 0.2) is 110 Å². The number of benzene rings is 4. The average Bonchev–Trinajstić information content (AvgIpc) is 3.41. The summed E-state index contributed by atoms with van der Waals surface area (Å²) in [5.41, 5.74) is 8.56. The molecule has 2 heterocycles. The first kappa shape index (κ1) is 26.7. The van der Waals surface area contributed by atoms with Crippen LogP contribution >= 0.6 is 43.6 Å². The van der Waals surface area contributed by atoms with Crippen molar-refractivity contribution in [3.05, 3.63) is 134 Å². The molecule has 6 heteroatoms. The minimum Gasteiger partial charge on any atom is -1.00 e. The first-order valence-corrected chi connectivity index (χ1v) is 16.2. The standard InChI is InChI=1S/C15H8BrS.C15H10Br.2ClH.Zr/c16-14-8-7-12-11-5-6-13(12)15(14)17-10-3-1-9(11)2-4-10;16-13-7-9-15-12(10-13)6-8-14(15)11-4-2-1-3-5-11;;;/h1-4,6-8,11H;1-7,9-10,14H;2*1H;/q;;;;+2/p-2. The molecule has 6 bridgehead atoms. The molecule has 0 saturated carbocycles. The van der Waals surface area contributed by atoms with Crippen LogP contribution in [0.5, 0.6) is 0 Å². The van der Waals surface area contributed by atoms with Crippen molar-refractivity contribution < 1.29 is 48.0 Å². The van der Waals surface area contributed by atoms with Gasteiger partial charge in [-0.25, -0.2) is 0 Å².